The molecule has 1 saturated carbocycles. The Bertz CT molecular complexity index is 712. The van der Waals surface area contributed by atoms with Gasteiger partial charge < -0.3 is 20.7 Å². The van der Waals surface area contributed by atoms with Crippen LogP contribution in [0.2, 0.25) is 0 Å². The molecule has 1 aliphatic carbocycles. The predicted octanol–water partition coefficient (Wildman–Crippen LogP) is 3.85. The molecule has 7 nitrogen and oxygen atoms in total. The van der Waals surface area contributed by atoms with Gasteiger partial charge in [-0.2, -0.15) is 0 Å². The SMILES string of the molecule is CC(C)Oc1ccc(NC(=NCC(=O)NC(C)(C)C)NCC(C)N(C)C2CC2)cc1.I. The zero-order valence-corrected chi connectivity index (χ0v) is 22.3. The van der Waals surface area contributed by atoms with Gasteiger partial charge in [0, 0.05) is 29.9 Å². The zero-order valence-electron chi connectivity index (χ0n) is 20.0. The third-order valence-electron chi connectivity index (χ3n) is 4.77. The lowest BCUT2D eigenvalue weighted by atomic mass is 10.1. The van der Waals surface area contributed by atoms with Crippen LogP contribution in [0.25, 0.3) is 0 Å². The van der Waals surface area contributed by atoms with Gasteiger partial charge in [0.05, 0.1) is 6.10 Å². The topological polar surface area (TPSA) is 78.0 Å². The number of nitrogens with one attached hydrogen (secondary N) is 3. The highest BCUT2D eigenvalue weighted by Gasteiger charge is 2.29. The lowest BCUT2D eigenvalue weighted by molar-refractivity contribution is -0.121. The number of rotatable bonds is 9. The first-order valence-corrected chi connectivity index (χ1v) is 10.9. The molecule has 3 N–H and O–H groups in total. The van der Waals surface area contributed by atoms with Crippen molar-refractivity contribution in [3.8, 4) is 5.75 Å². The molecular weight excluding hydrogens is 505 g/mol. The summed E-state index contributed by atoms with van der Waals surface area (Å²) in [5, 5.41) is 9.63. The molecule has 1 fully saturated rings. The van der Waals surface area contributed by atoms with Crippen molar-refractivity contribution >= 4 is 41.5 Å². The van der Waals surface area contributed by atoms with E-state index in [0.717, 1.165) is 18.0 Å². The maximum Gasteiger partial charge on any atom is 0.242 e. The van der Waals surface area contributed by atoms with Gasteiger partial charge in [-0.05, 0) is 85.7 Å². The number of anilines is 1. The molecule has 1 unspecified atom stereocenters. The maximum absolute atomic E-state index is 12.2. The number of aliphatic imine (C=N–C) groups is 1. The number of hydrogen-bond acceptors (Lipinski definition) is 4. The number of benzene rings is 1. The molecule has 1 amide bonds. The van der Waals surface area contributed by atoms with Crippen LogP contribution in [0.1, 0.15) is 54.4 Å². The fourth-order valence-corrected chi connectivity index (χ4v) is 3.00. The number of carbonyl (C=O) groups excluding carboxylic acids is 1. The third kappa shape index (κ3) is 11.0. The van der Waals surface area contributed by atoms with E-state index in [1.165, 1.54) is 12.8 Å². The molecule has 1 atom stereocenters. The molecule has 1 aromatic carbocycles. The summed E-state index contributed by atoms with van der Waals surface area (Å²) in [4.78, 5) is 19.1. The van der Waals surface area contributed by atoms with E-state index in [1.807, 2.05) is 58.9 Å². The van der Waals surface area contributed by atoms with Gasteiger partial charge in [-0.1, -0.05) is 0 Å². The second-order valence-corrected chi connectivity index (χ2v) is 9.41. The van der Waals surface area contributed by atoms with Crippen molar-refractivity contribution in [3.63, 3.8) is 0 Å². The van der Waals surface area contributed by atoms with E-state index in [0.29, 0.717) is 18.0 Å². The van der Waals surface area contributed by atoms with E-state index in [4.69, 9.17) is 4.74 Å². The summed E-state index contributed by atoms with van der Waals surface area (Å²) in [6.45, 7) is 12.9. The molecule has 31 heavy (non-hydrogen) atoms. The van der Waals surface area contributed by atoms with Crippen LogP contribution >= 0.6 is 24.0 Å². The standard InChI is InChI=1S/C23H39N5O2.HI/c1-16(2)30-20-12-8-18(9-13-20)26-22(25-15-21(29)27-23(4,5)6)24-14-17(3)28(7)19-10-11-19;/h8-9,12-13,16-17,19H,10-11,14-15H2,1-7H3,(H,27,29)(H2,24,25,26);1H. The summed E-state index contributed by atoms with van der Waals surface area (Å²) in [6.07, 6.45) is 2.68. The molecular formula is C23H40IN5O2. The van der Waals surface area contributed by atoms with Crippen LogP contribution < -0.4 is 20.7 Å². The van der Waals surface area contributed by atoms with Crippen LogP contribution in [0.15, 0.2) is 29.3 Å². The van der Waals surface area contributed by atoms with Gasteiger partial charge in [-0.3, -0.25) is 9.69 Å². The largest absolute Gasteiger partial charge is 0.491 e. The van der Waals surface area contributed by atoms with Gasteiger partial charge in [-0.15, -0.1) is 24.0 Å². The van der Waals surface area contributed by atoms with Crippen LogP contribution in [0.3, 0.4) is 0 Å². The number of hydrogen-bond donors (Lipinski definition) is 3. The molecule has 1 aromatic rings. The number of ether oxygens (including phenoxy) is 1. The van der Waals surface area contributed by atoms with Gasteiger partial charge >= 0.3 is 0 Å². The van der Waals surface area contributed by atoms with Gasteiger partial charge in [0.2, 0.25) is 5.91 Å². The summed E-state index contributed by atoms with van der Waals surface area (Å²) in [6, 6.07) is 8.81. The van der Waals surface area contributed by atoms with E-state index in [2.05, 4.69) is 39.8 Å². The highest BCUT2D eigenvalue weighted by molar-refractivity contribution is 14.0. The number of carbonyl (C=O) groups is 1. The van der Waals surface area contributed by atoms with E-state index in [-0.39, 0.29) is 48.1 Å². The summed E-state index contributed by atoms with van der Waals surface area (Å²) < 4.78 is 5.70. The average molecular weight is 546 g/mol. The van der Waals surface area contributed by atoms with Crippen molar-refractivity contribution in [3.05, 3.63) is 24.3 Å². The molecule has 2 rings (SSSR count). The van der Waals surface area contributed by atoms with Crippen molar-refractivity contribution in [2.75, 3.05) is 25.5 Å². The summed E-state index contributed by atoms with van der Waals surface area (Å²) in [5.74, 6) is 1.31. The molecule has 0 aromatic heterocycles. The van der Waals surface area contributed by atoms with Crippen molar-refractivity contribution in [1.82, 2.24) is 15.5 Å². The number of nitrogens with zero attached hydrogens (tertiary/aromatic N) is 2. The van der Waals surface area contributed by atoms with Crippen LogP contribution in [-0.4, -0.2) is 60.6 Å². The van der Waals surface area contributed by atoms with Crippen molar-refractivity contribution in [2.45, 2.75) is 78.1 Å². The maximum atomic E-state index is 12.2. The summed E-state index contributed by atoms with van der Waals surface area (Å²) in [7, 11) is 2.17. The van der Waals surface area contributed by atoms with Gasteiger partial charge in [0.15, 0.2) is 5.96 Å². The quantitative estimate of drug-likeness (QED) is 0.250. The van der Waals surface area contributed by atoms with Crippen molar-refractivity contribution in [2.24, 2.45) is 4.99 Å². The Balaban J connectivity index is 0.00000480. The molecule has 0 heterocycles. The second-order valence-electron chi connectivity index (χ2n) is 9.41. The zero-order chi connectivity index (χ0) is 22.3. The fraction of sp³-hybridized carbons (Fsp3) is 0.652. The third-order valence-corrected chi connectivity index (χ3v) is 4.77. The Morgan fingerprint density at radius 1 is 1.19 bits per heavy atom. The van der Waals surface area contributed by atoms with Crippen LogP contribution in [0.5, 0.6) is 5.75 Å². The predicted molar refractivity (Wildman–Crippen MR) is 140 cm³/mol. The van der Waals surface area contributed by atoms with Crippen LogP contribution in [-0.2, 0) is 4.79 Å². The highest BCUT2D eigenvalue weighted by Crippen LogP contribution is 2.26. The van der Waals surface area contributed by atoms with Crippen molar-refractivity contribution < 1.29 is 9.53 Å². The Morgan fingerprint density at radius 3 is 2.32 bits per heavy atom. The number of amides is 1. The summed E-state index contributed by atoms with van der Waals surface area (Å²) >= 11 is 0. The minimum absolute atomic E-state index is 0. The average Bonchev–Trinajstić information content (AvgIpc) is 3.47. The first-order chi connectivity index (χ1) is 14.0. The van der Waals surface area contributed by atoms with E-state index in [9.17, 15) is 4.79 Å². The van der Waals surface area contributed by atoms with E-state index < -0.39 is 0 Å². The smallest absolute Gasteiger partial charge is 0.242 e. The Labute approximate surface area is 204 Å². The Hall–Kier alpha value is -1.55. The fourth-order valence-electron chi connectivity index (χ4n) is 3.00. The molecule has 0 radical (unpaired) electrons. The van der Waals surface area contributed by atoms with Crippen LogP contribution in [0.4, 0.5) is 5.69 Å². The number of halogens is 1. The van der Waals surface area contributed by atoms with Gasteiger partial charge in [-0.25, -0.2) is 4.99 Å². The molecule has 176 valence electrons. The van der Waals surface area contributed by atoms with Crippen LogP contribution in [0, 0.1) is 0 Å². The normalized spacial score (nSPS) is 15.3. The molecule has 0 bridgehead atoms. The monoisotopic (exact) mass is 545 g/mol. The van der Waals surface area contributed by atoms with E-state index in [1.54, 1.807) is 0 Å². The lowest BCUT2D eigenvalue weighted by Crippen LogP contribution is -2.44. The molecule has 1 aliphatic rings. The Morgan fingerprint density at radius 2 is 1.81 bits per heavy atom. The minimum atomic E-state index is -0.276. The van der Waals surface area contributed by atoms with Gasteiger partial charge in [0.25, 0.3) is 0 Å². The second kappa shape index (κ2) is 12.5. The first-order valence-electron chi connectivity index (χ1n) is 10.9. The summed E-state index contributed by atoms with van der Waals surface area (Å²) in [5.41, 5.74) is 0.609. The lowest BCUT2D eigenvalue weighted by Gasteiger charge is -2.25. The van der Waals surface area contributed by atoms with E-state index >= 15 is 0 Å². The first kappa shape index (κ1) is 27.5. The molecule has 8 heteroatoms. The number of likely N-dealkylation sites (N-methyl/N-ethyl adjacent to an activating group) is 1. The van der Waals surface area contributed by atoms with Gasteiger partial charge in [0.1, 0.15) is 12.3 Å². The highest BCUT2D eigenvalue weighted by atomic mass is 127. The minimum Gasteiger partial charge on any atom is -0.491 e. The number of guanidine groups is 1. The molecule has 0 saturated heterocycles. The Kier molecular flexibility index (Phi) is 11.1. The molecule has 0 aliphatic heterocycles. The van der Waals surface area contributed by atoms with Crippen molar-refractivity contribution in [1.29, 1.82) is 0 Å². The molecule has 0 spiro atoms.